The first-order chi connectivity index (χ1) is 18.0. The number of amides is 2. The highest BCUT2D eigenvalue weighted by atomic mass is 32.2. The second-order valence-electron chi connectivity index (χ2n) is 8.08. The molecule has 0 fully saturated rings. The number of hydrogen-bond donors (Lipinski definition) is 3. The molecule has 0 saturated heterocycles. The van der Waals surface area contributed by atoms with Gasteiger partial charge in [-0.15, -0.1) is 0 Å². The molecule has 0 bridgehead atoms. The average Bonchev–Trinajstić information content (AvgIpc) is 3.43. The van der Waals surface area contributed by atoms with E-state index in [1.807, 2.05) is 25.1 Å². The predicted molar refractivity (Wildman–Crippen MR) is 144 cm³/mol. The third-order valence-electron chi connectivity index (χ3n) is 5.55. The molecular weight excluding hydrogens is 488 g/mol. The zero-order valence-corrected chi connectivity index (χ0v) is 21.2. The first-order valence-corrected chi connectivity index (χ1v) is 12.7. The summed E-state index contributed by atoms with van der Waals surface area (Å²) < 4.78 is 11.1. The predicted octanol–water partition coefficient (Wildman–Crippen LogP) is 5.38. The van der Waals surface area contributed by atoms with E-state index >= 15 is 0 Å². The molecule has 0 aliphatic carbocycles. The molecule has 2 amide bonds. The Morgan fingerprint density at radius 2 is 1.78 bits per heavy atom. The summed E-state index contributed by atoms with van der Waals surface area (Å²) in [5, 5.41) is 19.5. The Kier molecular flexibility index (Phi) is 8.33. The van der Waals surface area contributed by atoms with Crippen LogP contribution in [0.15, 0.2) is 99.3 Å². The van der Waals surface area contributed by atoms with Crippen molar-refractivity contribution in [3.8, 4) is 11.8 Å². The van der Waals surface area contributed by atoms with E-state index in [1.165, 1.54) is 18.0 Å². The second-order valence-corrected chi connectivity index (χ2v) is 9.07. The minimum Gasteiger partial charge on any atom is -0.494 e. The van der Waals surface area contributed by atoms with Gasteiger partial charge in [0.1, 0.15) is 11.5 Å². The van der Waals surface area contributed by atoms with Crippen LogP contribution >= 0.6 is 11.8 Å². The third kappa shape index (κ3) is 6.23. The molecular formula is C28H26N4O4S. The Balaban J connectivity index is 1.52. The van der Waals surface area contributed by atoms with Crippen molar-refractivity contribution in [3.63, 3.8) is 0 Å². The normalized spacial score (nSPS) is 15.0. The highest BCUT2D eigenvalue weighted by Gasteiger charge is 2.36. The van der Waals surface area contributed by atoms with Gasteiger partial charge in [0.25, 0.3) is 5.91 Å². The van der Waals surface area contributed by atoms with E-state index in [2.05, 4.69) is 22.0 Å². The van der Waals surface area contributed by atoms with Crippen molar-refractivity contribution in [1.29, 1.82) is 5.26 Å². The SMILES string of the molecule is CCOc1ccc(NC(=O)CSC2=C(C#N)[C@@H](c3ccco3)C(C(=O)Nc3ccccc3)=C(C)N2)cc1. The van der Waals surface area contributed by atoms with Gasteiger partial charge in [-0.1, -0.05) is 30.0 Å². The number of carbonyl (C=O) groups excluding carboxylic acids is 2. The summed E-state index contributed by atoms with van der Waals surface area (Å²) in [6.07, 6.45) is 1.51. The minimum absolute atomic E-state index is 0.0599. The molecule has 9 heteroatoms. The topological polar surface area (TPSA) is 116 Å². The number of carbonyl (C=O) groups is 2. The van der Waals surface area contributed by atoms with Crippen LogP contribution in [0, 0.1) is 11.3 Å². The fourth-order valence-electron chi connectivity index (χ4n) is 3.92. The number of para-hydroxylation sites is 1. The third-order valence-corrected chi connectivity index (χ3v) is 6.57. The fourth-order valence-corrected chi connectivity index (χ4v) is 4.82. The Bertz CT molecular complexity index is 1360. The smallest absolute Gasteiger partial charge is 0.254 e. The number of anilines is 2. The Morgan fingerprint density at radius 3 is 2.43 bits per heavy atom. The van der Waals surface area contributed by atoms with Crippen LogP contribution in [0.25, 0.3) is 0 Å². The lowest BCUT2D eigenvalue weighted by molar-refractivity contribution is -0.114. The first-order valence-electron chi connectivity index (χ1n) is 11.7. The molecule has 1 atom stereocenters. The quantitative estimate of drug-likeness (QED) is 0.351. The summed E-state index contributed by atoms with van der Waals surface area (Å²) in [6.45, 7) is 4.24. The monoisotopic (exact) mass is 514 g/mol. The van der Waals surface area contributed by atoms with E-state index in [-0.39, 0.29) is 17.6 Å². The molecule has 1 aliphatic rings. The molecule has 0 saturated carbocycles. The minimum atomic E-state index is -0.721. The summed E-state index contributed by atoms with van der Waals surface area (Å²) in [5.74, 6) is -0.0467. The van der Waals surface area contributed by atoms with Gasteiger partial charge in [-0.3, -0.25) is 9.59 Å². The molecule has 1 aromatic heterocycles. The molecule has 4 rings (SSSR count). The van der Waals surface area contributed by atoms with Crippen molar-refractivity contribution >= 4 is 35.0 Å². The van der Waals surface area contributed by atoms with Crippen LogP contribution in [-0.4, -0.2) is 24.2 Å². The van der Waals surface area contributed by atoms with Gasteiger partial charge in [0, 0.05) is 17.1 Å². The maximum atomic E-state index is 13.3. The van der Waals surface area contributed by atoms with Gasteiger partial charge in [0.2, 0.25) is 5.91 Å². The molecule has 2 heterocycles. The largest absolute Gasteiger partial charge is 0.494 e. The van der Waals surface area contributed by atoms with Crippen LogP contribution in [0.1, 0.15) is 25.5 Å². The van der Waals surface area contributed by atoms with Crippen molar-refractivity contribution < 1.29 is 18.7 Å². The van der Waals surface area contributed by atoms with Crippen LogP contribution < -0.4 is 20.7 Å². The van der Waals surface area contributed by atoms with Gasteiger partial charge >= 0.3 is 0 Å². The number of benzene rings is 2. The molecule has 1 aliphatic heterocycles. The van der Waals surface area contributed by atoms with Crippen molar-refractivity contribution in [1.82, 2.24) is 5.32 Å². The Morgan fingerprint density at radius 1 is 1.05 bits per heavy atom. The van der Waals surface area contributed by atoms with E-state index in [0.29, 0.717) is 45.6 Å². The van der Waals surface area contributed by atoms with E-state index < -0.39 is 5.92 Å². The van der Waals surface area contributed by atoms with E-state index in [9.17, 15) is 14.9 Å². The zero-order chi connectivity index (χ0) is 26.2. The molecule has 8 nitrogen and oxygen atoms in total. The van der Waals surface area contributed by atoms with Crippen molar-refractivity contribution in [2.24, 2.45) is 0 Å². The highest BCUT2D eigenvalue weighted by molar-refractivity contribution is 8.03. The van der Waals surface area contributed by atoms with Crippen LogP contribution in [0.2, 0.25) is 0 Å². The van der Waals surface area contributed by atoms with Gasteiger partial charge in [0.15, 0.2) is 0 Å². The standard InChI is InChI=1S/C28H26N4O4S/c1-3-35-21-13-11-20(12-14-21)31-24(33)17-37-28-22(16-29)26(23-10-7-15-36-23)25(18(2)30-28)27(34)32-19-8-5-4-6-9-19/h4-15,26,30H,3,17H2,1-2H3,(H,31,33)(H,32,34)/t26-/m0/s1. The molecule has 3 aromatic rings. The molecule has 3 N–H and O–H groups in total. The average molecular weight is 515 g/mol. The van der Waals surface area contributed by atoms with Gasteiger partial charge in [-0.05, 0) is 62.4 Å². The summed E-state index contributed by atoms with van der Waals surface area (Å²) in [7, 11) is 0. The van der Waals surface area contributed by atoms with Crippen LogP contribution in [-0.2, 0) is 9.59 Å². The summed E-state index contributed by atoms with van der Waals surface area (Å²) in [4.78, 5) is 26.0. The van der Waals surface area contributed by atoms with E-state index in [4.69, 9.17) is 9.15 Å². The molecule has 188 valence electrons. The Hall–Kier alpha value is -4.42. The van der Waals surface area contributed by atoms with Crippen LogP contribution in [0.5, 0.6) is 5.75 Å². The number of hydrogen-bond acceptors (Lipinski definition) is 7. The number of nitriles is 1. The van der Waals surface area contributed by atoms with Crippen molar-refractivity contribution in [2.45, 2.75) is 19.8 Å². The Labute approximate surface area is 219 Å². The molecule has 2 aromatic carbocycles. The van der Waals surface area contributed by atoms with Crippen LogP contribution in [0.4, 0.5) is 11.4 Å². The van der Waals surface area contributed by atoms with Crippen LogP contribution in [0.3, 0.4) is 0 Å². The lowest BCUT2D eigenvalue weighted by Gasteiger charge is -2.28. The summed E-state index contributed by atoms with van der Waals surface area (Å²) in [6, 6.07) is 21.9. The highest BCUT2D eigenvalue weighted by Crippen LogP contribution is 2.41. The van der Waals surface area contributed by atoms with Crippen molar-refractivity contribution in [2.75, 3.05) is 23.0 Å². The number of furan rings is 1. The number of nitrogens with zero attached hydrogens (tertiary/aromatic N) is 1. The maximum Gasteiger partial charge on any atom is 0.254 e. The van der Waals surface area contributed by atoms with E-state index in [0.717, 1.165) is 5.75 Å². The van der Waals surface area contributed by atoms with Crippen molar-refractivity contribution in [3.05, 3.63) is 101 Å². The number of nitrogens with one attached hydrogen (secondary N) is 3. The van der Waals surface area contributed by atoms with Gasteiger partial charge < -0.3 is 25.1 Å². The number of dihydropyridines is 1. The number of rotatable bonds is 9. The van der Waals surface area contributed by atoms with Gasteiger partial charge in [-0.25, -0.2) is 0 Å². The van der Waals surface area contributed by atoms with Gasteiger partial charge in [0.05, 0.1) is 46.8 Å². The lowest BCUT2D eigenvalue weighted by atomic mass is 9.85. The second kappa shape index (κ2) is 12.0. The molecule has 0 unspecified atom stereocenters. The number of ether oxygens (including phenoxy) is 1. The fraction of sp³-hybridized carbons (Fsp3) is 0.179. The zero-order valence-electron chi connectivity index (χ0n) is 20.4. The maximum absolute atomic E-state index is 13.3. The molecule has 0 spiro atoms. The lowest BCUT2D eigenvalue weighted by Crippen LogP contribution is -2.31. The number of thioether (sulfide) groups is 1. The number of allylic oxidation sites excluding steroid dienone is 2. The van der Waals surface area contributed by atoms with Gasteiger partial charge in [-0.2, -0.15) is 5.26 Å². The molecule has 37 heavy (non-hydrogen) atoms. The van der Waals surface area contributed by atoms with E-state index in [1.54, 1.807) is 55.5 Å². The summed E-state index contributed by atoms with van der Waals surface area (Å²) in [5.41, 5.74) is 2.53. The first kappa shape index (κ1) is 25.7. The summed E-state index contributed by atoms with van der Waals surface area (Å²) >= 11 is 1.19. The molecule has 0 radical (unpaired) electrons.